The molecule has 0 aromatic heterocycles. The third-order valence-corrected chi connectivity index (χ3v) is 8.43. The summed E-state index contributed by atoms with van der Waals surface area (Å²) in [5, 5.41) is 4.38. The zero-order chi connectivity index (χ0) is 20.1. The Morgan fingerprint density at radius 1 is 1.18 bits per heavy atom. The molecule has 6 heteroatoms. The minimum Gasteiger partial charge on any atom is -0.462 e. The fraction of sp³-hybridized carbons (Fsp3) is 0.773. The van der Waals surface area contributed by atoms with Crippen LogP contribution >= 0.6 is 0 Å². The summed E-state index contributed by atoms with van der Waals surface area (Å²) in [6.07, 6.45) is 11.0. The SMILES string of the molecule is CC(=O)O[C@H]1CC[C@]2(C)C(=CC[C@H]3[C@H]4CCC(=NNC(N)=O)[C@]4(C)CC[C@H]32)C1. The molecule has 4 aliphatic carbocycles. The predicted octanol–water partition coefficient (Wildman–Crippen LogP) is 3.91. The highest BCUT2D eigenvalue weighted by atomic mass is 16.5. The molecule has 0 radical (unpaired) electrons. The van der Waals surface area contributed by atoms with Crippen molar-refractivity contribution in [2.75, 3.05) is 0 Å². The normalized spacial score (nSPS) is 43.4. The number of esters is 1. The summed E-state index contributed by atoms with van der Waals surface area (Å²) in [6, 6.07) is -0.587. The van der Waals surface area contributed by atoms with Gasteiger partial charge in [-0.15, -0.1) is 0 Å². The largest absolute Gasteiger partial charge is 0.462 e. The van der Waals surface area contributed by atoms with Crippen molar-refractivity contribution in [1.29, 1.82) is 0 Å². The first-order valence-electron chi connectivity index (χ1n) is 10.7. The number of carbonyl (C=O) groups is 2. The van der Waals surface area contributed by atoms with Crippen molar-refractivity contribution in [1.82, 2.24) is 5.43 Å². The van der Waals surface area contributed by atoms with Gasteiger partial charge in [0, 0.05) is 24.5 Å². The second-order valence-corrected chi connectivity index (χ2v) is 9.76. The second kappa shape index (κ2) is 6.89. The first-order valence-corrected chi connectivity index (χ1v) is 10.7. The topological polar surface area (TPSA) is 93.8 Å². The zero-order valence-electron chi connectivity index (χ0n) is 17.3. The summed E-state index contributed by atoms with van der Waals surface area (Å²) in [4.78, 5) is 22.5. The summed E-state index contributed by atoms with van der Waals surface area (Å²) in [5.41, 5.74) is 10.6. The summed E-state index contributed by atoms with van der Waals surface area (Å²) in [7, 11) is 0. The molecule has 0 aromatic rings. The third kappa shape index (κ3) is 3.05. The molecule has 0 bridgehead atoms. The number of allylic oxidation sites excluding steroid dienone is 1. The summed E-state index contributed by atoms with van der Waals surface area (Å²) in [6.45, 7) is 6.29. The van der Waals surface area contributed by atoms with Crippen molar-refractivity contribution >= 4 is 17.7 Å². The predicted molar refractivity (Wildman–Crippen MR) is 107 cm³/mol. The molecule has 4 aliphatic rings. The average molecular weight is 388 g/mol. The van der Waals surface area contributed by atoms with Crippen LogP contribution in [0.15, 0.2) is 16.8 Å². The van der Waals surface area contributed by atoms with Crippen LogP contribution in [0.1, 0.15) is 72.1 Å². The zero-order valence-corrected chi connectivity index (χ0v) is 17.3. The Morgan fingerprint density at radius 2 is 1.89 bits per heavy atom. The average Bonchev–Trinajstić information content (AvgIpc) is 2.96. The van der Waals surface area contributed by atoms with E-state index in [2.05, 4.69) is 30.5 Å². The van der Waals surface area contributed by atoms with Crippen LogP contribution in [0.5, 0.6) is 0 Å². The number of hydrogen-bond donors (Lipinski definition) is 2. The maximum absolute atomic E-state index is 11.4. The van der Waals surface area contributed by atoms with Gasteiger partial charge in [0.1, 0.15) is 6.10 Å². The number of carbonyl (C=O) groups excluding carboxylic acids is 2. The smallest absolute Gasteiger partial charge is 0.332 e. The van der Waals surface area contributed by atoms with E-state index in [1.807, 2.05) is 0 Å². The lowest BCUT2D eigenvalue weighted by Crippen LogP contribution is -2.50. The van der Waals surface area contributed by atoms with Crippen LogP contribution in [0, 0.1) is 28.6 Å². The third-order valence-electron chi connectivity index (χ3n) is 8.43. The Morgan fingerprint density at radius 3 is 2.61 bits per heavy atom. The Bertz CT molecular complexity index is 745. The fourth-order valence-electron chi connectivity index (χ4n) is 7.06. The van der Waals surface area contributed by atoms with Gasteiger partial charge in [-0.25, -0.2) is 10.2 Å². The van der Waals surface area contributed by atoms with E-state index in [4.69, 9.17) is 10.5 Å². The molecule has 0 aromatic carbocycles. The number of amides is 2. The molecule has 2 amide bonds. The van der Waals surface area contributed by atoms with Crippen LogP contribution < -0.4 is 11.2 Å². The lowest BCUT2D eigenvalue weighted by Gasteiger charge is -2.57. The summed E-state index contributed by atoms with van der Waals surface area (Å²) in [5.74, 6) is 1.80. The van der Waals surface area contributed by atoms with Gasteiger partial charge >= 0.3 is 12.0 Å². The van der Waals surface area contributed by atoms with Gasteiger partial charge in [-0.2, -0.15) is 5.10 Å². The number of hydrazone groups is 1. The van der Waals surface area contributed by atoms with E-state index < -0.39 is 6.03 Å². The van der Waals surface area contributed by atoms with Crippen LogP contribution in [0.2, 0.25) is 0 Å². The molecule has 4 rings (SSSR count). The maximum atomic E-state index is 11.4. The lowest BCUT2D eigenvalue weighted by atomic mass is 9.48. The van der Waals surface area contributed by atoms with Gasteiger partial charge in [-0.05, 0) is 68.1 Å². The monoisotopic (exact) mass is 387 g/mol. The molecule has 28 heavy (non-hydrogen) atoms. The molecule has 0 aliphatic heterocycles. The van der Waals surface area contributed by atoms with Crippen molar-refractivity contribution in [3.63, 3.8) is 0 Å². The van der Waals surface area contributed by atoms with E-state index in [0.717, 1.165) is 50.7 Å². The number of fused-ring (bicyclic) bond motifs is 5. The molecule has 6 atom stereocenters. The second-order valence-electron chi connectivity index (χ2n) is 9.76. The molecule has 0 spiro atoms. The van der Waals surface area contributed by atoms with Gasteiger partial charge in [0.05, 0.1) is 0 Å². The van der Waals surface area contributed by atoms with E-state index in [1.54, 1.807) is 0 Å². The van der Waals surface area contributed by atoms with Crippen molar-refractivity contribution in [2.45, 2.75) is 78.2 Å². The standard InChI is InChI=1S/C22H33N3O3/c1-13(26)28-15-8-10-21(2)14(12-15)4-5-16-17-6-7-19(24-25-20(23)27)22(17,3)11-9-18(16)21/h4,15-18H,5-12H2,1-3H3,(H3,23,25,27)/t15-,16-,17+,18+,21+,22+/m0/s1. The fourth-order valence-corrected chi connectivity index (χ4v) is 7.06. The van der Waals surface area contributed by atoms with Crippen LogP contribution in [0.4, 0.5) is 4.79 Å². The number of rotatable bonds is 2. The minimum atomic E-state index is -0.587. The molecule has 0 saturated heterocycles. The molecule has 3 saturated carbocycles. The van der Waals surface area contributed by atoms with Crippen molar-refractivity contribution in [3.05, 3.63) is 11.6 Å². The molecule has 0 heterocycles. The molecule has 0 unspecified atom stereocenters. The van der Waals surface area contributed by atoms with E-state index in [0.29, 0.717) is 17.8 Å². The van der Waals surface area contributed by atoms with E-state index >= 15 is 0 Å². The first-order chi connectivity index (χ1) is 13.2. The van der Waals surface area contributed by atoms with Gasteiger partial charge in [0.15, 0.2) is 0 Å². The number of urea groups is 1. The van der Waals surface area contributed by atoms with Crippen LogP contribution in [-0.4, -0.2) is 23.8 Å². The Labute approximate surface area is 167 Å². The van der Waals surface area contributed by atoms with Crippen molar-refractivity contribution in [3.8, 4) is 0 Å². The highest BCUT2D eigenvalue weighted by Crippen LogP contribution is 2.64. The van der Waals surface area contributed by atoms with Gasteiger partial charge in [-0.3, -0.25) is 4.79 Å². The minimum absolute atomic E-state index is 0.0484. The summed E-state index contributed by atoms with van der Waals surface area (Å²) < 4.78 is 5.53. The molecule has 154 valence electrons. The van der Waals surface area contributed by atoms with Crippen molar-refractivity contribution in [2.24, 2.45) is 39.4 Å². The lowest BCUT2D eigenvalue weighted by molar-refractivity contribution is -0.148. The molecular formula is C22H33N3O3. The van der Waals surface area contributed by atoms with Crippen LogP contribution in [0.3, 0.4) is 0 Å². The quantitative estimate of drug-likeness (QED) is 0.427. The van der Waals surface area contributed by atoms with Crippen LogP contribution in [-0.2, 0) is 9.53 Å². The van der Waals surface area contributed by atoms with Gasteiger partial charge in [-0.1, -0.05) is 25.5 Å². The molecular weight excluding hydrogens is 354 g/mol. The van der Waals surface area contributed by atoms with Gasteiger partial charge in [0.2, 0.25) is 0 Å². The van der Waals surface area contributed by atoms with E-state index in [1.165, 1.54) is 18.9 Å². The van der Waals surface area contributed by atoms with E-state index in [-0.39, 0.29) is 22.9 Å². The van der Waals surface area contributed by atoms with Gasteiger partial charge < -0.3 is 10.5 Å². The highest BCUT2D eigenvalue weighted by Gasteiger charge is 2.58. The molecule has 3 N–H and O–H groups in total. The number of nitrogens with two attached hydrogens (primary N) is 1. The Kier molecular flexibility index (Phi) is 4.79. The first kappa shape index (κ1) is 19.5. The number of nitrogens with zero attached hydrogens (tertiary/aromatic N) is 1. The van der Waals surface area contributed by atoms with Gasteiger partial charge in [0.25, 0.3) is 0 Å². The highest BCUT2D eigenvalue weighted by molar-refractivity contribution is 5.93. The van der Waals surface area contributed by atoms with Crippen LogP contribution in [0.25, 0.3) is 0 Å². The van der Waals surface area contributed by atoms with Crippen molar-refractivity contribution < 1.29 is 14.3 Å². The number of primary amides is 1. The Hall–Kier alpha value is -1.85. The van der Waals surface area contributed by atoms with E-state index in [9.17, 15) is 9.59 Å². The number of nitrogens with one attached hydrogen (secondary N) is 1. The Balaban J connectivity index is 1.56. The molecule has 3 fully saturated rings. The maximum Gasteiger partial charge on any atom is 0.332 e. The number of hydrogen-bond acceptors (Lipinski definition) is 4. The number of ether oxygens (including phenoxy) is 1. The summed E-state index contributed by atoms with van der Waals surface area (Å²) >= 11 is 0. The molecule has 6 nitrogen and oxygen atoms in total.